The summed E-state index contributed by atoms with van der Waals surface area (Å²) in [7, 11) is 0. The third-order valence-corrected chi connectivity index (χ3v) is 3.51. The first-order valence-corrected chi connectivity index (χ1v) is 7.63. The monoisotopic (exact) mass is 352 g/mol. The van der Waals surface area contributed by atoms with E-state index >= 15 is 0 Å². The van der Waals surface area contributed by atoms with Crippen LogP contribution in [0.2, 0.25) is 0 Å². The zero-order chi connectivity index (χ0) is 15.2. The molecule has 1 aromatic carbocycles. The molecule has 0 amide bonds. The van der Waals surface area contributed by atoms with Crippen molar-refractivity contribution in [2.75, 3.05) is 6.54 Å². The van der Waals surface area contributed by atoms with Gasteiger partial charge in [-0.05, 0) is 37.7 Å². The lowest BCUT2D eigenvalue weighted by Crippen LogP contribution is -2.14. The fraction of sp³-hybridized carbons (Fsp3) is 0.312. The molecule has 0 aliphatic rings. The topological polar surface area (TPSA) is 34.2 Å². The molecule has 0 fully saturated rings. The van der Waals surface area contributed by atoms with Gasteiger partial charge in [0.15, 0.2) is 0 Å². The summed E-state index contributed by atoms with van der Waals surface area (Å²) in [5.74, 6) is 0.404. The highest BCUT2D eigenvalue weighted by Gasteiger charge is 2.08. The first-order chi connectivity index (χ1) is 10.1. The normalized spacial score (nSPS) is 10.7. The maximum absolute atomic E-state index is 13.8. The molecule has 0 aliphatic carbocycles. The van der Waals surface area contributed by atoms with Gasteiger partial charge in [-0.15, -0.1) is 0 Å². The van der Waals surface area contributed by atoms with Crippen LogP contribution in [0.5, 0.6) is 5.75 Å². The highest BCUT2D eigenvalue weighted by atomic mass is 79.9. The molecule has 5 heteroatoms. The number of hydrogen-bond acceptors (Lipinski definition) is 3. The van der Waals surface area contributed by atoms with Gasteiger partial charge in [-0.3, -0.25) is 4.98 Å². The van der Waals surface area contributed by atoms with E-state index in [0.29, 0.717) is 22.3 Å². The van der Waals surface area contributed by atoms with Crippen molar-refractivity contribution in [2.24, 2.45) is 0 Å². The van der Waals surface area contributed by atoms with Crippen LogP contribution >= 0.6 is 15.9 Å². The second kappa shape index (κ2) is 7.52. The van der Waals surface area contributed by atoms with Crippen LogP contribution < -0.4 is 10.1 Å². The van der Waals surface area contributed by atoms with Crippen LogP contribution in [-0.4, -0.2) is 11.5 Å². The number of halogens is 2. The van der Waals surface area contributed by atoms with E-state index in [1.807, 2.05) is 26.0 Å². The zero-order valence-corrected chi connectivity index (χ0v) is 13.7. The summed E-state index contributed by atoms with van der Waals surface area (Å²) in [5.41, 5.74) is 2.30. The summed E-state index contributed by atoms with van der Waals surface area (Å²) >= 11 is 3.24. The lowest BCUT2D eigenvalue weighted by atomic mass is 10.2. The molecular weight excluding hydrogens is 335 g/mol. The van der Waals surface area contributed by atoms with Crippen LogP contribution in [0.4, 0.5) is 4.39 Å². The molecule has 21 heavy (non-hydrogen) atoms. The molecule has 0 saturated heterocycles. The molecule has 1 aromatic heterocycles. The lowest BCUT2D eigenvalue weighted by molar-refractivity contribution is 0.294. The average molecular weight is 353 g/mol. The lowest BCUT2D eigenvalue weighted by Gasteiger charge is -2.12. The van der Waals surface area contributed by atoms with Gasteiger partial charge in [0, 0.05) is 22.3 Å². The summed E-state index contributed by atoms with van der Waals surface area (Å²) < 4.78 is 20.2. The molecule has 0 saturated carbocycles. The highest BCUT2D eigenvalue weighted by molar-refractivity contribution is 9.10. The summed E-state index contributed by atoms with van der Waals surface area (Å²) in [6.07, 6.45) is 0. The van der Waals surface area contributed by atoms with Crippen LogP contribution in [0.15, 0.2) is 34.8 Å². The maximum Gasteiger partial charge on any atom is 0.142 e. The molecule has 112 valence electrons. The SMILES string of the molecule is CCNCc1nc(C)ccc1OCc1ccc(Br)cc1F. The van der Waals surface area contributed by atoms with Gasteiger partial charge in [0.2, 0.25) is 0 Å². The number of hydrogen-bond donors (Lipinski definition) is 1. The molecule has 0 spiro atoms. The van der Waals surface area contributed by atoms with Crippen molar-refractivity contribution >= 4 is 15.9 Å². The summed E-state index contributed by atoms with van der Waals surface area (Å²) in [4.78, 5) is 4.47. The predicted molar refractivity (Wildman–Crippen MR) is 84.8 cm³/mol. The second-order valence-corrected chi connectivity index (χ2v) is 5.62. The van der Waals surface area contributed by atoms with Crippen molar-refractivity contribution in [1.29, 1.82) is 0 Å². The molecule has 3 nitrogen and oxygen atoms in total. The van der Waals surface area contributed by atoms with Gasteiger partial charge in [0.1, 0.15) is 18.2 Å². The minimum atomic E-state index is -0.280. The Hall–Kier alpha value is -1.46. The molecule has 2 aromatic rings. The molecule has 0 unspecified atom stereocenters. The molecule has 0 bridgehead atoms. The largest absolute Gasteiger partial charge is 0.487 e. The van der Waals surface area contributed by atoms with Crippen molar-refractivity contribution in [3.8, 4) is 5.75 Å². The number of ether oxygens (including phenoxy) is 1. The number of pyridine rings is 1. The van der Waals surface area contributed by atoms with Gasteiger partial charge < -0.3 is 10.1 Å². The number of nitrogens with one attached hydrogen (secondary N) is 1. The van der Waals surface area contributed by atoms with Gasteiger partial charge in [-0.1, -0.05) is 28.9 Å². The number of aromatic nitrogens is 1. The number of aryl methyl sites for hydroxylation is 1. The van der Waals surface area contributed by atoms with E-state index in [2.05, 4.69) is 26.2 Å². The molecular formula is C16H18BrFN2O. The Morgan fingerprint density at radius 1 is 1.29 bits per heavy atom. The maximum atomic E-state index is 13.8. The van der Waals surface area contributed by atoms with Crippen LogP contribution in [0.25, 0.3) is 0 Å². The zero-order valence-electron chi connectivity index (χ0n) is 12.1. The van der Waals surface area contributed by atoms with Gasteiger partial charge in [-0.25, -0.2) is 4.39 Å². The Labute approximate surface area is 132 Å². The van der Waals surface area contributed by atoms with Crippen molar-refractivity contribution < 1.29 is 9.13 Å². The van der Waals surface area contributed by atoms with Gasteiger partial charge in [0.25, 0.3) is 0 Å². The van der Waals surface area contributed by atoms with Gasteiger partial charge in [-0.2, -0.15) is 0 Å². The van der Waals surface area contributed by atoms with E-state index in [-0.39, 0.29) is 12.4 Å². The Morgan fingerprint density at radius 3 is 2.81 bits per heavy atom. The van der Waals surface area contributed by atoms with Crippen LogP contribution in [-0.2, 0) is 13.2 Å². The van der Waals surface area contributed by atoms with Crippen molar-refractivity contribution in [3.63, 3.8) is 0 Å². The van der Waals surface area contributed by atoms with Crippen LogP contribution in [0.1, 0.15) is 23.9 Å². The Balaban J connectivity index is 2.11. The van der Waals surface area contributed by atoms with Gasteiger partial charge >= 0.3 is 0 Å². The third-order valence-electron chi connectivity index (χ3n) is 3.01. The quantitative estimate of drug-likeness (QED) is 0.853. The van der Waals surface area contributed by atoms with Crippen molar-refractivity contribution in [1.82, 2.24) is 10.3 Å². The Morgan fingerprint density at radius 2 is 2.10 bits per heavy atom. The molecule has 0 atom stereocenters. The number of nitrogens with zero attached hydrogens (tertiary/aromatic N) is 1. The van der Waals surface area contributed by atoms with Crippen LogP contribution in [0, 0.1) is 12.7 Å². The summed E-state index contributed by atoms with van der Waals surface area (Å²) in [6, 6.07) is 8.72. The Kier molecular flexibility index (Phi) is 5.70. The second-order valence-electron chi connectivity index (χ2n) is 4.70. The molecule has 1 N–H and O–H groups in total. The van der Waals surface area contributed by atoms with E-state index in [1.165, 1.54) is 6.07 Å². The molecule has 2 rings (SSSR count). The van der Waals surface area contributed by atoms with Gasteiger partial charge in [0.05, 0.1) is 5.69 Å². The molecule has 0 aliphatic heterocycles. The molecule has 0 radical (unpaired) electrons. The summed E-state index contributed by atoms with van der Waals surface area (Å²) in [6.45, 7) is 5.65. The smallest absolute Gasteiger partial charge is 0.142 e. The first kappa shape index (κ1) is 15.9. The van der Waals surface area contributed by atoms with E-state index in [9.17, 15) is 4.39 Å². The number of rotatable bonds is 6. The fourth-order valence-electron chi connectivity index (χ4n) is 1.89. The predicted octanol–water partition coefficient (Wildman–Crippen LogP) is 3.98. The Bertz CT molecular complexity index is 619. The van der Waals surface area contributed by atoms with E-state index in [0.717, 1.165) is 17.9 Å². The minimum Gasteiger partial charge on any atom is -0.487 e. The average Bonchev–Trinajstić information content (AvgIpc) is 2.45. The highest BCUT2D eigenvalue weighted by Crippen LogP contribution is 2.21. The van der Waals surface area contributed by atoms with E-state index in [4.69, 9.17) is 4.74 Å². The van der Waals surface area contributed by atoms with Crippen molar-refractivity contribution in [3.05, 3.63) is 57.6 Å². The standard InChI is InChI=1S/C16H18BrFN2O/c1-3-19-9-15-16(7-4-11(2)20-15)21-10-12-5-6-13(17)8-14(12)18/h4-8,19H,3,9-10H2,1-2H3. The van der Waals surface area contributed by atoms with Crippen LogP contribution in [0.3, 0.4) is 0 Å². The van der Waals surface area contributed by atoms with E-state index in [1.54, 1.807) is 12.1 Å². The van der Waals surface area contributed by atoms with Crippen molar-refractivity contribution in [2.45, 2.75) is 27.0 Å². The molecule has 1 heterocycles. The first-order valence-electron chi connectivity index (χ1n) is 6.84. The summed E-state index contributed by atoms with van der Waals surface area (Å²) in [5, 5.41) is 3.23. The number of benzene rings is 1. The third kappa shape index (κ3) is 4.51. The fourth-order valence-corrected chi connectivity index (χ4v) is 2.23. The van der Waals surface area contributed by atoms with E-state index < -0.39 is 0 Å². The minimum absolute atomic E-state index is 0.184.